The van der Waals surface area contributed by atoms with Crippen LogP contribution in [0.1, 0.15) is 13.8 Å². The fraction of sp³-hybridized carbons (Fsp3) is 0.286. The molecule has 114 valence electrons. The smallest absolute Gasteiger partial charge is 0.416 e. The Morgan fingerprint density at radius 2 is 2.23 bits per heavy atom. The van der Waals surface area contributed by atoms with Gasteiger partial charge in [-0.2, -0.15) is 0 Å². The maximum absolute atomic E-state index is 11.9. The van der Waals surface area contributed by atoms with Crippen LogP contribution >= 0.6 is 11.3 Å². The second kappa shape index (κ2) is 5.06. The van der Waals surface area contributed by atoms with Gasteiger partial charge in [0.25, 0.3) is 5.69 Å². The van der Waals surface area contributed by atoms with Crippen molar-refractivity contribution < 1.29 is 14.5 Å². The molecule has 3 rings (SSSR count). The van der Waals surface area contributed by atoms with Crippen LogP contribution in [-0.4, -0.2) is 28.1 Å². The van der Waals surface area contributed by atoms with Gasteiger partial charge in [-0.25, -0.2) is 14.7 Å². The Morgan fingerprint density at radius 1 is 1.45 bits per heavy atom. The largest absolute Gasteiger partial charge is 0.447 e. The van der Waals surface area contributed by atoms with E-state index >= 15 is 0 Å². The Balaban J connectivity index is 1.96. The van der Waals surface area contributed by atoms with Crippen molar-refractivity contribution in [3.05, 3.63) is 39.8 Å². The van der Waals surface area contributed by atoms with E-state index in [9.17, 15) is 14.9 Å². The molecule has 0 N–H and O–H groups in total. The fourth-order valence-electron chi connectivity index (χ4n) is 2.23. The molecule has 1 saturated heterocycles. The van der Waals surface area contributed by atoms with Gasteiger partial charge in [-0.15, -0.1) is 11.3 Å². The molecule has 7 nitrogen and oxygen atoms in total. The maximum atomic E-state index is 11.9. The van der Waals surface area contributed by atoms with Gasteiger partial charge in [0.05, 0.1) is 16.2 Å². The molecule has 2 heterocycles. The summed E-state index contributed by atoms with van der Waals surface area (Å²) in [5.74, 6) is 0. The number of amides is 1. The highest BCUT2D eigenvalue weighted by Gasteiger charge is 2.42. The van der Waals surface area contributed by atoms with E-state index in [4.69, 9.17) is 4.74 Å². The summed E-state index contributed by atoms with van der Waals surface area (Å²) in [5, 5.41) is 13.1. The first-order valence-electron chi connectivity index (χ1n) is 6.56. The van der Waals surface area contributed by atoms with Crippen molar-refractivity contribution in [2.75, 3.05) is 11.5 Å². The zero-order chi connectivity index (χ0) is 15.9. The van der Waals surface area contributed by atoms with Gasteiger partial charge >= 0.3 is 6.09 Å². The Labute approximate surface area is 130 Å². The van der Waals surface area contributed by atoms with E-state index in [0.717, 1.165) is 0 Å². The average Bonchev–Trinajstić information content (AvgIpc) is 3.04. The number of benzene rings is 1. The molecule has 0 radical (unpaired) electrons. The molecule has 0 aliphatic carbocycles. The van der Waals surface area contributed by atoms with Gasteiger partial charge < -0.3 is 4.74 Å². The predicted octanol–water partition coefficient (Wildman–Crippen LogP) is 3.45. The average molecular weight is 319 g/mol. The Kier molecular flexibility index (Phi) is 3.32. The first-order valence-corrected chi connectivity index (χ1v) is 7.44. The molecular formula is C14H13N3O4S. The van der Waals surface area contributed by atoms with E-state index in [1.165, 1.54) is 28.4 Å². The van der Waals surface area contributed by atoms with Crippen molar-refractivity contribution >= 4 is 28.2 Å². The molecule has 8 heteroatoms. The summed E-state index contributed by atoms with van der Waals surface area (Å²) in [6.07, 6.45) is -0.426. The summed E-state index contributed by atoms with van der Waals surface area (Å²) in [5.41, 5.74) is 0.781. The van der Waals surface area contributed by atoms with Crippen molar-refractivity contribution in [3.8, 4) is 11.3 Å². The topological polar surface area (TPSA) is 85.6 Å². The lowest BCUT2D eigenvalue weighted by Gasteiger charge is -2.24. The Hall–Kier alpha value is -2.48. The second-order valence-corrected chi connectivity index (χ2v) is 6.36. The molecule has 0 saturated carbocycles. The third kappa shape index (κ3) is 2.41. The number of carbonyl (C=O) groups excluding carboxylic acids is 1. The minimum atomic E-state index is -0.463. The van der Waals surface area contributed by atoms with E-state index in [-0.39, 0.29) is 5.69 Å². The number of nitro groups is 1. The summed E-state index contributed by atoms with van der Waals surface area (Å²) < 4.78 is 5.07. The van der Waals surface area contributed by atoms with Crippen molar-refractivity contribution in [3.63, 3.8) is 0 Å². The summed E-state index contributed by atoms with van der Waals surface area (Å²) >= 11 is 1.31. The molecule has 0 bridgehead atoms. The van der Waals surface area contributed by atoms with Crippen molar-refractivity contribution in [2.24, 2.45) is 0 Å². The van der Waals surface area contributed by atoms with E-state index in [0.29, 0.717) is 23.0 Å². The molecule has 0 atom stereocenters. The van der Waals surface area contributed by atoms with Crippen LogP contribution in [0.4, 0.5) is 15.6 Å². The van der Waals surface area contributed by atoms with Crippen LogP contribution in [0.2, 0.25) is 0 Å². The van der Waals surface area contributed by atoms with Crippen LogP contribution in [0, 0.1) is 10.1 Å². The van der Waals surface area contributed by atoms with E-state index in [2.05, 4.69) is 4.98 Å². The molecule has 1 aromatic heterocycles. The van der Waals surface area contributed by atoms with Gasteiger partial charge in [-0.1, -0.05) is 12.1 Å². The number of hydrogen-bond donors (Lipinski definition) is 0. The van der Waals surface area contributed by atoms with Crippen LogP contribution in [0.5, 0.6) is 0 Å². The summed E-state index contributed by atoms with van der Waals surface area (Å²) in [6, 6.07) is 6.25. The van der Waals surface area contributed by atoms with Crippen LogP contribution < -0.4 is 4.90 Å². The second-order valence-electron chi connectivity index (χ2n) is 5.53. The predicted molar refractivity (Wildman–Crippen MR) is 82.1 cm³/mol. The molecule has 2 aromatic rings. The quantitative estimate of drug-likeness (QED) is 0.639. The van der Waals surface area contributed by atoms with Gasteiger partial charge in [-0.3, -0.25) is 10.1 Å². The van der Waals surface area contributed by atoms with Crippen molar-refractivity contribution in [2.45, 2.75) is 19.4 Å². The third-order valence-corrected chi connectivity index (χ3v) is 4.20. The van der Waals surface area contributed by atoms with Gasteiger partial charge in [0.2, 0.25) is 0 Å². The van der Waals surface area contributed by atoms with Crippen molar-refractivity contribution in [1.29, 1.82) is 0 Å². The number of aromatic nitrogens is 1. The zero-order valence-corrected chi connectivity index (χ0v) is 12.8. The van der Waals surface area contributed by atoms with Crippen molar-refractivity contribution in [1.82, 2.24) is 4.98 Å². The fourth-order valence-corrected chi connectivity index (χ4v) is 3.21. The third-order valence-electron chi connectivity index (χ3n) is 3.37. The SMILES string of the molecule is CC1(C)COC(=O)N1c1nc(-c2cccc([N+](=O)[O-])c2)cs1. The number of cyclic esters (lactones) is 1. The van der Waals surface area contributed by atoms with E-state index in [1.54, 1.807) is 17.5 Å². The molecule has 1 aliphatic heterocycles. The van der Waals surface area contributed by atoms with Crippen LogP contribution in [0.3, 0.4) is 0 Å². The maximum Gasteiger partial charge on any atom is 0.416 e. The number of nitro benzene ring substituents is 1. The highest BCUT2D eigenvalue weighted by molar-refractivity contribution is 7.14. The van der Waals surface area contributed by atoms with E-state index < -0.39 is 16.6 Å². The van der Waals surface area contributed by atoms with E-state index in [1.807, 2.05) is 13.8 Å². The molecule has 1 fully saturated rings. The molecule has 1 aromatic carbocycles. The number of rotatable bonds is 3. The van der Waals surface area contributed by atoms with Gasteiger partial charge in [0.15, 0.2) is 5.13 Å². The standard InChI is InChI=1S/C14H13N3O4S/c1-14(2)8-21-13(18)16(14)12-15-11(7-22-12)9-4-3-5-10(6-9)17(19)20/h3-7H,8H2,1-2H3. The normalized spacial score (nSPS) is 16.6. The Bertz CT molecular complexity index is 756. The number of thiazole rings is 1. The lowest BCUT2D eigenvalue weighted by atomic mass is 10.1. The number of ether oxygens (including phenoxy) is 1. The number of hydrogen-bond acceptors (Lipinski definition) is 6. The molecule has 0 unspecified atom stereocenters. The lowest BCUT2D eigenvalue weighted by molar-refractivity contribution is -0.384. The molecule has 1 amide bonds. The summed E-state index contributed by atoms with van der Waals surface area (Å²) in [7, 11) is 0. The first kappa shape index (κ1) is 14.5. The number of non-ortho nitro benzene ring substituents is 1. The first-order chi connectivity index (χ1) is 10.4. The Morgan fingerprint density at radius 3 is 2.86 bits per heavy atom. The highest BCUT2D eigenvalue weighted by atomic mass is 32.1. The van der Waals surface area contributed by atoms with Gasteiger partial charge in [0, 0.05) is 23.1 Å². The van der Waals surface area contributed by atoms with Crippen LogP contribution in [0.25, 0.3) is 11.3 Å². The number of nitrogens with zero attached hydrogens (tertiary/aromatic N) is 3. The molecular weight excluding hydrogens is 306 g/mol. The number of anilines is 1. The van der Waals surface area contributed by atoms with Gasteiger partial charge in [0.1, 0.15) is 6.61 Å². The minimum Gasteiger partial charge on any atom is -0.447 e. The number of carbonyl (C=O) groups is 1. The molecule has 22 heavy (non-hydrogen) atoms. The van der Waals surface area contributed by atoms with Crippen LogP contribution in [-0.2, 0) is 4.74 Å². The molecule has 0 spiro atoms. The zero-order valence-electron chi connectivity index (χ0n) is 12.0. The van der Waals surface area contributed by atoms with Gasteiger partial charge in [-0.05, 0) is 13.8 Å². The summed E-state index contributed by atoms with van der Waals surface area (Å²) in [6.45, 7) is 4.09. The van der Waals surface area contributed by atoms with Crippen LogP contribution in [0.15, 0.2) is 29.6 Å². The molecule has 1 aliphatic rings. The summed E-state index contributed by atoms with van der Waals surface area (Å²) in [4.78, 5) is 28.2. The lowest BCUT2D eigenvalue weighted by Crippen LogP contribution is -2.42. The highest BCUT2D eigenvalue weighted by Crippen LogP contribution is 2.35. The monoisotopic (exact) mass is 319 g/mol. The minimum absolute atomic E-state index is 0.00737.